The number of likely N-dealkylation sites (N-methyl/N-ethyl adjacent to an activating group) is 1. The Bertz CT molecular complexity index is 771. The van der Waals surface area contributed by atoms with E-state index in [4.69, 9.17) is 5.11 Å². The molecule has 0 bridgehead atoms. The van der Waals surface area contributed by atoms with Crippen LogP contribution in [0.4, 0.5) is 13.2 Å². The summed E-state index contributed by atoms with van der Waals surface area (Å²) < 4.78 is 38.8. The molecule has 0 aliphatic heterocycles. The van der Waals surface area contributed by atoms with Gasteiger partial charge < -0.3 is 10.0 Å². The van der Waals surface area contributed by atoms with Crippen LogP contribution in [0.15, 0.2) is 36.5 Å². The molecule has 1 aromatic carbocycles. The Kier molecular flexibility index (Phi) is 4.63. The maximum absolute atomic E-state index is 12.6. The van der Waals surface area contributed by atoms with Gasteiger partial charge in [-0.3, -0.25) is 4.79 Å². The van der Waals surface area contributed by atoms with Crippen LogP contribution in [0, 0.1) is 0 Å². The molecular formula is C15H14F3N3O3. The van der Waals surface area contributed by atoms with E-state index in [-0.39, 0.29) is 11.3 Å². The van der Waals surface area contributed by atoms with Gasteiger partial charge in [-0.25, -0.2) is 9.48 Å². The Labute approximate surface area is 135 Å². The van der Waals surface area contributed by atoms with E-state index in [2.05, 4.69) is 5.10 Å². The van der Waals surface area contributed by atoms with Crippen LogP contribution in [0.1, 0.15) is 23.0 Å². The molecule has 1 amide bonds. The van der Waals surface area contributed by atoms with Gasteiger partial charge in [0.25, 0.3) is 5.91 Å². The number of nitrogens with zero attached hydrogens (tertiary/aromatic N) is 3. The smallest absolute Gasteiger partial charge is 0.435 e. The molecule has 1 aromatic heterocycles. The third kappa shape index (κ3) is 3.55. The number of carboxylic acids is 1. The Morgan fingerprint density at radius 2 is 1.96 bits per heavy atom. The number of carbonyl (C=O) groups excluding carboxylic acids is 1. The minimum absolute atomic E-state index is 0.146. The first-order chi connectivity index (χ1) is 11.1. The molecule has 1 N–H and O–H groups in total. The van der Waals surface area contributed by atoms with Gasteiger partial charge in [0, 0.05) is 18.8 Å². The summed E-state index contributed by atoms with van der Waals surface area (Å²) in [7, 11) is 1.34. The summed E-state index contributed by atoms with van der Waals surface area (Å²) in [5.74, 6) is -1.72. The van der Waals surface area contributed by atoms with E-state index in [1.807, 2.05) is 0 Å². The van der Waals surface area contributed by atoms with Crippen molar-refractivity contribution in [3.8, 4) is 5.69 Å². The molecule has 0 saturated carbocycles. The molecule has 2 aromatic rings. The number of alkyl halides is 3. The highest BCUT2D eigenvalue weighted by Gasteiger charge is 2.33. The molecule has 2 rings (SSSR count). The fraction of sp³-hybridized carbons (Fsp3) is 0.267. The van der Waals surface area contributed by atoms with Crippen molar-refractivity contribution in [3.63, 3.8) is 0 Å². The molecule has 0 saturated heterocycles. The third-order valence-corrected chi connectivity index (χ3v) is 3.50. The minimum Gasteiger partial charge on any atom is -0.480 e. The molecule has 1 heterocycles. The minimum atomic E-state index is -4.56. The van der Waals surface area contributed by atoms with Crippen molar-refractivity contribution in [3.05, 3.63) is 47.8 Å². The second-order valence-electron chi connectivity index (χ2n) is 5.12. The number of hydrogen-bond donors (Lipinski definition) is 1. The third-order valence-electron chi connectivity index (χ3n) is 3.50. The van der Waals surface area contributed by atoms with Crippen LogP contribution >= 0.6 is 0 Å². The van der Waals surface area contributed by atoms with Crippen molar-refractivity contribution in [2.24, 2.45) is 0 Å². The molecule has 0 spiro atoms. The monoisotopic (exact) mass is 341 g/mol. The van der Waals surface area contributed by atoms with Gasteiger partial charge in [-0.15, -0.1) is 0 Å². The Balaban J connectivity index is 2.31. The van der Waals surface area contributed by atoms with Gasteiger partial charge in [0.2, 0.25) is 0 Å². The van der Waals surface area contributed by atoms with Gasteiger partial charge in [0.05, 0.1) is 5.69 Å². The second kappa shape index (κ2) is 6.34. The van der Waals surface area contributed by atoms with E-state index in [1.165, 1.54) is 38.2 Å². The van der Waals surface area contributed by atoms with Crippen LogP contribution in [0.3, 0.4) is 0 Å². The fourth-order valence-electron chi connectivity index (χ4n) is 1.95. The quantitative estimate of drug-likeness (QED) is 0.927. The molecule has 128 valence electrons. The number of aliphatic carboxylic acids is 1. The number of rotatable bonds is 4. The number of amides is 1. The summed E-state index contributed by atoms with van der Waals surface area (Å²) in [4.78, 5) is 24.3. The van der Waals surface area contributed by atoms with Crippen molar-refractivity contribution >= 4 is 11.9 Å². The first kappa shape index (κ1) is 17.5. The van der Waals surface area contributed by atoms with Crippen molar-refractivity contribution < 1.29 is 27.9 Å². The summed E-state index contributed by atoms with van der Waals surface area (Å²) in [5.41, 5.74) is -0.643. The van der Waals surface area contributed by atoms with E-state index < -0.39 is 29.8 Å². The number of carbonyl (C=O) groups is 2. The van der Waals surface area contributed by atoms with Gasteiger partial charge in [-0.05, 0) is 31.2 Å². The summed E-state index contributed by atoms with van der Waals surface area (Å²) in [6.07, 6.45) is -3.42. The maximum atomic E-state index is 12.6. The van der Waals surface area contributed by atoms with Crippen molar-refractivity contribution in [1.29, 1.82) is 0 Å². The highest BCUT2D eigenvalue weighted by atomic mass is 19.4. The SMILES string of the molecule is CC(C(=O)O)N(C)C(=O)c1cccc(-n2ccc(C(F)(F)F)n2)c1. The lowest BCUT2D eigenvalue weighted by Crippen LogP contribution is -2.40. The molecule has 9 heteroatoms. The molecule has 0 aliphatic carbocycles. The topological polar surface area (TPSA) is 75.4 Å². The summed E-state index contributed by atoms with van der Waals surface area (Å²) in [5, 5.41) is 12.4. The Hall–Kier alpha value is -2.84. The van der Waals surface area contributed by atoms with Gasteiger partial charge in [-0.1, -0.05) is 6.07 Å². The first-order valence-corrected chi connectivity index (χ1v) is 6.84. The van der Waals surface area contributed by atoms with E-state index in [9.17, 15) is 22.8 Å². The average molecular weight is 341 g/mol. The Morgan fingerprint density at radius 1 is 1.29 bits per heavy atom. The van der Waals surface area contributed by atoms with Crippen LogP contribution in [0.5, 0.6) is 0 Å². The van der Waals surface area contributed by atoms with E-state index in [1.54, 1.807) is 0 Å². The fourth-order valence-corrected chi connectivity index (χ4v) is 1.95. The number of aromatic nitrogens is 2. The predicted octanol–water partition coefficient (Wildman–Crippen LogP) is 2.44. The number of halogens is 3. The maximum Gasteiger partial charge on any atom is 0.435 e. The van der Waals surface area contributed by atoms with Crippen LogP contribution in [-0.4, -0.2) is 44.8 Å². The molecule has 1 atom stereocenters. The lowest BCUT2D eigenvalue weighted by atomic mass is 10.1. The van der Waals surface area contributed by atoms with Crippen LogP contribution in [0.2, 0.25) is 0 Å². The van der Waals surface area contributed by atoms with Crippen LogP contribution in [0.25, 0.3) is 5.69 Å². The molecular weight excluding hydrogens is 327 g/mol. The van der Waals surface area contributed by atoms with Crippen molar-refractivity contribution in [1.82, 2.24) is 14.7 Å². The number of carboxylic acid groups (broad SMARTS) is 1. The summed E-state index contributed by atoms with van der Waals surface area (Å²) in [6, 6.07) is 5.56. The Morgan fingerprint density at radius 3 is 2.50 bits per heavy atom. The zero-order valence-electron chi connectivity index (χ0n) is 12.8. The van der Waals surface area contributed by atoms with E-state index >= 15 is 0 Å². The molecule has 1 unspecified atom stereocenters. The lowest BCUT2D eigenvalue weighted by Gasteiger charge is -2.21. The van der Waals surface area contributed by atoms with Gasteiger partial charge in [-0.2, -0.15) is 18.3 Å². The summed E-state index contributed by atoms with van der Waals surface area (Å²) >= 11 is 0. The van der Waals surface area contributed by atoms with Crippen molar-refractivity contribution in [2.45, 2.75) is 19.1 Å². The number of benzene rings is 1. The molecule has 24 heavy (non-hydrogen) atoms. The van der Waals surface area contributed by atoms with Gasteiger partial charge in [0.15, 0.2) is 5.69 Å². The van der Waals surface area contributed by atoms with Crippen LogP contribution < -0.4 is 0 Å². The van der Waals surface area contributed by atoms with Gasteiger partial charge >= 0.3 is 12.1 Å². The molecule has 6 nitrogen and oxygen atoms in total. The zero-order chi connectivity index (χ0) is 18.1. The molecule has 0 radical (unpaired) electrons. The van der Waals surface area contributed by atoms with Gasteiger partial charge in [0.1, 0.15) is 6.04 Å². The van der Waals surface area contributed by atoms with Crippen molar-refractivity contribution in [2.75, 3.05) is 7.05 Å². The average Bonchev–Trinajstić information content (AvgIpc) is 3.03. The van der Waals surface area contributed by atoms with E-state index in [0.717, 1.165) is 21.8 Å². The van der Waals surface area contributed by atoms with E-state index in [0.29, 0.717) is 0 Å². The molecule has 0 fully saturated rings. The second-order valence-corrected chi connectivity index (χ2v) is 5.12. The zero-order valence-corrected chi connectivity index (χ0v) is 12.8. The normalized spacial score (nSPS) is 12.7. The summed E-state index contributed by atoms with van der Waals surface area (Å²) in [6.45, 7) is 1.35. The lowest BCUT2D eigenvalue weighted by molar-refractivity contribution is -0.142. The van der Waals surface area contributed by atoms with Crippen LogP contribution in [-0.2, 0) is 11.0 Å². The number of hydrogen-bond acceptors (Lipinski definition) is 3. The standard InChI is InChI=1S/C15H14F3N3O3/c1-9(14(23)24)20(2)13(22)10-4-3-5-11(8-10)21-7-6-12(19-21)15(16,17)18/h3-9H,1-2H3,(H,23,24). The highest BCUT2D eigenvalue weighted by Crippen LogP contribution is 2.28. The highest BCUT2D eigenvalue weighted by molar-refractivity contribution is 5.96. The largest absolute Gasteiger partial charge is 0.480 e. The predicted molar refractivity (Wildman–Crippen MR) is 77.8 cm³/mol. The first-order valence-electron chi connectivity index (χ1n) is 6.84. The molecule has 0 aliphatic rings.